The van der Waals surface area contributed by atoms with E-state index in [0.29, 0.717) is 24.9 Å². The normalized spacial score (nSPS) is 24.7. The van der Waals surface area contributed by atoms with E-state index in [-0.39, 0.29) is 11.7 Å². The summed E-state index contributed by atoms with van der Waals surface area (Å²) in [5.41, 5.74) is 1.02. The number of methoxy groups -OCH3 is 1. The standard InChI is InChI=1S/C17H23FN2O2/c1-22-6-5-17(21)20-11-14-9-19(10-15(14)12-20)8-13-3-2-4-16(18)7-13/h2-4,7,14-15H,5-6,8-12H2,1H3/t14-,15-/m1/s1. The van der Waals surface area contributed by atoms with E-state index in [2.05, 4.69) is 4.90 Å². The molecular formula is C17H23FN2O2. The van der Waals surface area contributed by atoms with Crippen molar-refractivity contribution < 1.29 is 13.9 Å². The fourth-order valence-electron chi connectivity index (χ4n) is 3.66. The van der Waals surface area contributed by atoms with Gasteiger partial charge in [0.25, 0.3) is 0 Å². The zero-order valence-electron chi connectivity index (χ0n) is 13.0. The predicted molar refractivity (Wildman–Crippen MR) is 81.7 cm³/mol. The molecule has 120 valence electrons. The fraction of sp³-hybridized carbons (Fsp3) is 0.588. The first-order valence-electron chi connectivity index (χ1n) is 7.89. The maximum atomic E-state index is 13.2. The van der Waals surface area contributed by atoms with Gasteiger partial charge in [-0.2, -0.15) is 0 Å². The molecule has 2 fully saturated rings. The Hall–Kier alpha value is -1.46. The molecule has 0 radical (unpaired) electrons. The summed E-state index contributed by atoms with van der Waals surface area (Å²) in [4.78, 5) is 16.4. The first-order chi connectivity index (χ1) is 10.7. The Balaban J connectivity index is 1.50. The number of nitrogens with zero attached hydrogens (tertiary/aromatic N) is 2. The first-order valence-corrected chi connectivity index (χ1v) is 7.89. The summed E-state index contributed by atoms with van der Waals surface area (Å²) >= 11 is 0. The number of amides is 1. The molecule has 0 N–H and O–H groups in total. The van der Waals surface area contributed by atoms with E-state index in [9.17, 15) is 9.18 Å². The quantitative estimate of drug-likeness (QED) is 0.831. The summed E-state index contributed by atoms with van der Waals surface area (Å²) in [7, 11) is 1.62. The number of halogens is 1. The molecule has 1 aromatic carbocycles. The summed E-state index contributed by atoms with van der Waals surface area (Å²) in [6.07, 6.45) is 0.475. The van der Waals surface area contributed by atoms with Crippen LogP contribution >= 0.6 is 0 Å². The molecule has 3 rings (SSSR count). The molecule has 0 saturated carbocycles. The van der Waals surface area contributed by atoms with Crippen LogP contribution in [-0.2, 0) is 16.1 Å². The number of ether oxygens (including phenoxy) is 1. The van der Waals surface area contributed by atoms with E-state index in [0.717, 1.165) is 38.3 Å². The van der Waals surface area contributed by atoms with Crippen molar-refractivity contribution in [1.29, 1.82) is 0 Å². The Labute approximate surface area is 130 Å². The number of hydrogen-bond acceptors (Lipinski definition) is 3. The van der Waals surface area contributed by atoms with Gasteiger partial charge in [-0.3, -0.25) is 9.69 Å². The van der Waals surface area contributed by atoms with Crippen molar-refractivity contribution in [3.8, 4) is 0 Å². The van der Waals surface area contributed by atoms with Gasteiger partial charge in [-0.1, -0.05) is 12.1 Å². The predicted octanol–water partition coefficient (Wildman–Crippen LogP) is 1.75. The van der Waals surface area contributed by atoms with E-state index >= 15 is 0 Å². The smallest absolute Gasteiger partial charge is 0.224 e. The molecule has 2 atom stereocenters. The Morgan fingerprint density at radius 2 is 2.00 bits per heavy atom. The van der Waals surface area contributed by atoms with Gasteiger partial charge in [0.15, 0.2) is 0 Å². The number of likely N-dealkylation sites (tertiary alicyclic amines) is 2. The van der Waals surface area contributed by atoms with Crippen molar-refractivity contribution in [2.24, 2.45) is 11.8 Å². The van der Waals surface area contributed by atoms with E-state index < -0.39 is 0 Å². The maximum Gasteiger partial charge on any atom is 0.224 e. The Bertz CT molecular complexity index is 523. The van der Waals surface area contributed by atoms with Gasteiger partial charge >= 0.3 is 0 Å². The minimum Gasteiger partial charge on any atom is -0.384 e. The third-order valence-corrected chi connectivity index (χ3v) is 4.73. The molecule has 0 aromatic heterocycles. The van der Waals surface area contributed by atoms with Gasteiger partial charge in [-0.15, -0.1) is 0 Å². The summed E-state index contributed by atoms with van der Waals surface area (Å²) in [6.45, 7) is 4.99. The molecular weight excluding hydrogens is 283 g/mol. The third-order valence-electron chi connectivity index (χ3n) is 4.73. The lowest BCUT2D eigenvalue weighted by atomic mass is 10.0. The number of rotatable bonds is 5. The van der Waals surface area contributed by atoms with Crippen molar-refractivity contribution in [3.05, 3.63) is 35.6 Å². The Morgan fingerprint density at radius 3 is 2.64 bits per heavy atom. The van der Waals surface area contributed by atoms with Crippen molar-refractivity contribution in [1.82, 2.24) is 9.80 Å². The van der Waals surface area contributed by atoms with Gasteiger partial charge in [0.2, 0.25) is 5.91 Å². The average molecular weight is 306 g/mol. The molecule has 0 bridgehead atoms. The molecule has 0 aliphatic carbocycles. The van der Waals surface area contributed by atoms with Crippen LogP contribution in [0.1, 0.15) is 12.0 Å². The first kappa shape index (κ1) is 15.4. The van der Waals surface area contributed by atoms with Gasteiger partial charge in [0.1, 0.15) is 5.82 Å². The zero-order valence-corrected chi connectivity index (χ0v) is 13.0. The second kappa shape index (κ2) is 6.75. The molecule has 2 heterocycles. The van der Waals surface area contributed by atoms with Gasteiger partial charge in [-0.25, -0.2) is 4.39 Å². The molecule has 0 unspecified atom stereocenters. The number of hydrogen-bond donors (Lipinski definition) is 0. The van der Waals surface area contributed by atoms with Gasteiger partial charge in [-0.05, 0) is 29.5 Å². The summed E-state index contributed by atoms with van der Waals surface area (Å²) < 4.78 is 18.2. The molecule has 2 aliphatic heterocycles. The monoisotopic (exact) mass is 306 g/mol. The second-order valence-electron chi connectivity index (χ2n) is 6.39. The molecule has 0 spiro atoms. The minimum absolute atomic E-state index is 0.174. The molecule has 1 aromatic rings. The highest BCUT2D eigenvalue weighted by Gasteiger charge is 2.41. The van der Waals surface area contributed by atoms with Crippen molar-refractivity contribution >= 4 is 5.91 Å². The lowest BCUT2D eigenvalue weighted by Gasteiger charge is -2.21. The third kappa shape index (κ3) is 3.47. The number of fused-ring (bicyclic) bond motifs is 1. The van der Waals surface area contributed by atoms with E-state index in [4.69, 9.17) is 4.74 Å². The van der Waals surface area contributed by atoms with Crippen LogP contribution < -0.4 is 0 Å². The largest absolute Gasteiger partial charge is 0.384 e. The Morgan fingerprint density at radius 1 is 1.27 bits per heavy atom. The second-order valence-corrected chi connectivity index (χ2v) is 6.39. The molecule has 2 saturated heterocycles. The highest BCUT2D eigenvalue weighted by molar-refractivity contribution is 5.76. The van der Waals surface area contributed by atoms with Crippen LogP contribution in [-0.4, -0.2) is 55.6 Å². The van der Waals surface area contributed by atoms with Crippen molar-refractivity contribution in [2.45, 2.75) is 13.0 Å². The number of carbonyl (C=O) groups excluding carboxylic acids is 1. The Kier molecular flexibility index (Phi) is 4.74. The van der Waals surface area contributed by atoms with Gasteiger partial charge in [0, 0.05) is 39.8 Å². The maximum absolute atomic E-state index is 13.2. The summed E-state index contributed by atoms with van der Waals surface area (Å²) in [5.74, 6) is 1.14. The van der Waals surface area contributed by atoms with E-state index in [1.54, 1.807) is 19.2 Å². The van der Waals surface area contributed by atoms with E-state index in [1.165, 1.54) is 6.07 Å². The van der Waals surface area contributed by atoms with Crippen LogP contribution in [0, 0.1) is 17.7 Å². The van der Waals surface area contributed by atoms with Crippen LogP contribution in [0.15, 0.2) is 24.3 Å². The molecule has 4 nitrogen and oxygen atoms in total. The van der Waals surface area contributed by atoms with E-state index in [1.807, 2.05) is 11.0 Å². The summed E-state index contributed by atoms with van der Waals surface area (Å²) in [5, 5.41) is 0. The highest BCUT2D eigenvalue weighted by atomic mass is 19.1. The SMILES string of the molecule is COCCC(=O)N1C[C@H]2CN(Cc3cccc(F)c3)C[C@@H]2C1. The fourth-order valence-corrected chi connectivity index (χ4v) is 3.66. The van der Waals surface area contributed by atoms with Crippen LogP contribution in [0.2, 0.25) is 0 Å². The molecule has 2 aliphatic rings. The van der Waals surface area contributed by atoms with Gasteiger partial charge < -0.3 is 9.64 Å². The van der Waals surface area contributed by atoms with Crippen LogP contribution in [0.25, 0.3) is 0 Å². The van der Waals surface area contributed by atoms with Crippen molar-refractivity contribution in [3.63, 3.8) is 0 Å². The van der Waals surface area contributed by atoms with Crippen molar-refractivity contribution in [2.75, 3.05) is 39.9 Å². The highest BCUT2D eigenvalue weighted by Crippen LogP contribution is 2.32. The topological polar surface area (TPSA) is 32.8 Å². The van der Waals surface area contributed by atoms with Gasteiger partial charge in [0.05, 0.1) is 13.0 Å². The minimum atomic E-state index is -0.174. The van der Waals surface area contributed by atoms with Crippen LogP contribution in [0.3, 0.4) is 0 Å². The molecule has 5 heteroatoms. The summed E-state index contributed by atoms with van der Waals surface area (Å²) in [6, 6.07) is 6.82. The van der Waals surface area contributed by atoms with Crippen LogP contribution in [0.5, 0.6) is 0 Å². The lowest BCUT2D eigenvalue weighted by molar-refractivity contribution is -0.131. The van der Waals surface area contributed by atoms with Crippen LogP contribution in [0.4, 0.5) is 4.39 Å². The average Bonchev–Trinajstić information content (AvgIpc) is 3.03. The number of carbonyl (C=O) groups is 1. The number of benzene rings is 1. The molecule has 1 amide bonds. The zero-order chi connectivity index (χ0) is 15.5. The lowest BCUT2D eigenvalue weighted by Crippen LogP contribution is -2.33. The molecule has 22 heavy (non-hydrogen) atoms.